The Balaban J connectivity index is 1.81. The summed E-state index contributed by atoms with van der Waals surface area (Å²) in [6.07, 6.45) is 1.83. The van der Waals surface area contributed by atoms with Crippen LogP contribution in [-0.2, 0) is 4.79 Å². The molecule has 2 aromatic rings. The van der Waals surface area contributed by atoms with Gasteiger partial charge in [0.2, 0.25) is 11.8 Å². The number of nitrogens with one attached hydrogen (secondary N) is 1. The van der Waals surface area contributed by atoms with Crippen molar-refractivity contribution in [3.63, 3.8) is 0 Å². The fraction of sp³-hybridized carbons (Fsp3) is 0.250. The van der Waals surface area contributed by atoms with E-state index in [1.807, 2.05) is 0 Å². The molecule has 1 N–H and O–H groups in total. The number of carbonyl (C=O) groups excluding carboxylic acids is 1. The highest BCUT2D eigenvalue weighted by Crippen LogP contribution is 2.31. The summed E-state index contributed by atoms with van der Waals surface area (Å²) in [5.41, 5.74) is 0.608. The highest BCUT2D eigenvalue weighted by Gasteiger charge is 2.30. The maximum absolute atomic E-state index is 11.5. The fourth-order valence-electron chi connectivity index (χ4n) is 1.62. The second kappa shape index (κ2) is 4.83. The van der Waals surface area contributed by atoms with Crippen LogP contribution in [-0.4, -0.2) is 16.1 Å². The van der Waals surface area contributed by atoms with Gasteiger partial charge in [-0.15, -0.1) is 5.10 Å². The Morgan fingerprint density at radius 3 is 2.53 bits per heavy atom. The predicted molar refractivity (Wildman–Crippen MR) is 71.1 cm³/mol. The summed E-state index contributed by atoms with van der Waals surface area (Å²) in [5, 5.41) is 11.2. The van der Waals surface area contributed by atoms with Crippen molar-refractivity contribution < 1.29 is 9.21 Å². The molecule has 0 spiro atoms. The van der Waals surface area contributed by atoms with Gasteiger partial charge in [0.1, 0.15) is 0 Å². The standard InChI is InChI=1S/C12H9Cl2N3O2/c13-8-3-7(4-9(14)5-8)11-16-17-12(19-11)15-10(18)6-1-2-6/h3-6H,1-2H2,(H,15,17,18). The van der Waals surface area contributed by atoms with Crippen molar-refractivity contribution in [1.29, 1.82) is 0 Å². The van der Waals surface area contributed by atoms with Crippen LogP contribution >= 0.6 is 23.2 Å². The van der Waals surface area contributed by atoms with Crippen molar-refractivity contribution in [2.24, 2.45) is 5.92 Å². The first-order valence-corrected chi connectivity index (χ1v) is 6.48. The molecule has 7 heteroatoms. The molecular formula is C12H9Cl2N3O2. The summed E-state index contributed by atoms with van der Waals surface area (Å²) in [4.78, 5) is 11.5. The van der Waals surface area contributed by atoms with Gasteiger partial charge in [-0.3, -0.25) is 10.1 Å². The number of benzene rings is 1. The highest BCUT2D eigenvalue weighted by atomic mass is 35.5. The molecule has 0 aliphatic heterocycles. The van der Waals surface area contributed by atoms with Crippen LogP contribution < -0.4 is 5.32 Å². The van der Waals surface area contributed by atoms with E-state index in [4.69, 9.17) is 27.6 Å². The molecule has 1 heterocycles. The zero-order chi connectivity index (χ0) is 13.4. The van der Waals surface area contributed by atoms with E-state index in [9.17, 15) is 4.79 Å². The fourth-order valence-corrected chi connectivity index (χ4v) is 2.15. The van der Waals surface area contributed by atoms with Crippen LogP contribution in [0, 0.1) is 5.92 Å². The number of anilines is 1. The van der Waals surface area contributed by atoms with Gasteiger partial charge in [-0.25, -0.2) is 0 Å². The van der Waals surface area contributed by atoms with Crippen LogP contribution in [0.25, 0.3) is 11.5 Å². The Labute approximate surface area is 118 Å². The lowest BCUT2D eigenvalue weighted by Crippen LogP contribution is -2.13. The molecule has 98 valence electrons. The Hall–Kier alpha value is -1.59. The van der Waals surface area contributed by atoms with Crippen LogP contribution in [0.1, 0.15) is 12.8 Å². The number of rotatable bonds is 3. The maximum atomic E-state index is 11.5. The maximum Gasteiger partial charge on any atom is 0.322 e. The third-order valence-electron chi connectivity index (χ3n) is 2.71. The monoisotopic (exact) mass is 297 g/mol. The average Bonchev–Trinajstić information content (AvgIpc) is 3.09. The van der Waals surface area contributed by atoms with Crippen molar-refractivity contribution in [2.45, 2.75) is 12.8 Å². The Bertz CT molecular complexity index is 617. The minimum absolute atomic E-state index is 0.0796. The molecule has 0 radical (unpaired) electrons. The van der Waals surface area contributed by atoms with E-state index < -0.39 is 0 Å². The van der Waals surface area contributed by atoms with Crippen LogP contribution in [0.15, 0.2) is 22.6 Å². The van der Waals surface area contributed by atoms with Crippen molar-refractivity contribution in [3.8, 4) is 11.5 Å². The molecule has 0 unspecified atom stereocenters. The van der Waals surface area contributed by atoms with E-state index in [2.05, 4.69) is 15.5 Å². The van der Waals surface area contributed by atoms with Crippen LogP contribution in [0.5, 0.6) is 0 Å². The molecule has 1 fully saturated rings. The smallest absolute Gasteiger partial charge is 0.322 e. The number of nitrogens with zero attached hydrogens (tertiary/aromatic N) is 2. The van der Waals surface area contributed by atoms with Gasteiger partial charge in [0.15, 0.2) is 0 Å². The van der Waals surface area contributed by atoms with Gasteiger partial charge < -0.3 is 4.42 Å². The minimum Gasteiger partial charge on any atom is -0.403 e. The number of aromatic nitrogens is 2. The van der Waals surface area contributed by atoms with Crippen molar-refractivity contribution in [2.75, 3.05) is 5.32 Å². The topological polar surface area (TPSA) is 68.0 Å². The molecule has 5 nitrogen and oxygen atoms in total. The molecule has 1 saturated carbocycles. The average molecular weight is 298 g/mol. The molecule has 1 aromatic heterocycles. The third kappa shape index (κ3) is 2.88. The molecule has 1 aromatic carbocycles. The lowest BCUT2D eigenvalue weighted by Gasteiger charge is -1.98. The SMILES string of the molecule is O=C(Nc1nnc(-c2cc(Cl)cc(Cl)c2)o1)C1CC1. The lowest BCUT2D eigenvalue weighted by molar-refractivity contribution is -0.117. The quantitative estimate of drug-likeness (QED) is 0.943. The van der Waals surface area contributed by atoms with E-state index >= 15 is 0 Å². The first-order chi connectivity index (χ1) is 9.11. The molecule has 0 bridgehead atoms. The van der Waals surface area contributed by atoms with E-state index in [-0.39, 0.29) is 23.7 Å². The second-order valence-corrected chi connectivity index (χ2v) is 5.21. The van der Waals surface area contributed by atoms with Crippen LogP contribution in [0.4, 0.5) is 6.01 Å². The largest absolute Gasteiger partial charge is 0.403 e. The molecule has 0 atom stereocenters. The number of halogens is 2. The second-order valence-electron chi connectivity index (χ2n) is 4.33. The highest BCUT2D eigenvalue weighted by molar-refractivity contribution is 6.35. The van der Waals surface area contributed by atoms with Gasteiger partial charge in [-0.05, 0) is 31.0 Å². The summed E-state index contributed by atoms with van der Waals surface area (Å²) < 4.78 is 5.36. The van der Waals surface area contributed by atoms with Crippen molar-refractivity contribution in [3.05, 3.63) is 28.2 Å². The lowest BCUT2D eigenvalue weighted by atomic mass is 10.2. The molecular weight excluding hydrogens is 289 g/mol. The van der Waals surface area contributed by atoms with Crippen molar-refractivity contribution >= 4 is 35.1 Å². The van der Waals surface area contributed by atoms with E-state index in [0.717, 1.165) is 12.8 Å². The van der Waals surface area contributed by atoms with E-state index in [0.29, 0.717) is 15.6 Å². The molecule has 1 aliphatic carbocycles. The molecule has 1 amide bonds. The first-order valence-electron chi connectivity index (χ1n) is 5.72. The van der Waals surface area contributed by atoms with Crippen LogP contribution in [0.2, 0.25) is 10.0 Å². The zero-order valence-corrected chi connectivity index (χ0v) is 11.2. The molecule has 19 heavy (non-hydrogen) atoms. The Kier molecular flexibility index (Phi) is 3.16. The zero-order valence-electron chi connectivity index (χ0n) is 9.69. The summed E-state index contributed by atoms with van der Waals surface area (Å²) in [6, 6.07) is 5.02. The summed E-state index contributed by atoms with van der Waals surface area (Å²) in [7, 11) is 0. The Morgan fingerprint density at radius 2 is 1.89 bits per heavy atom. The van der Waals surface area contributed by atoms with Gasteiger partial charge in [0, 0.05) is 21.5 Å². The number of amides is 1. The van der Waals surface area contributed by atoms with Gasteiger partial charge >= 0.3 is 6.01 Å². The summed E-state index contributed by atoms with van der Waals surface area (Å²) in [6.45, 7) is 0. The first kappa shape index (κ1) is 12.4. The van der Waals surface area contributed by atoms with Gasteiger partial charge in [-0.2, -0.15) is 0 Å². The van der Waals surface area contributed by atoms with Crippen LogP contribution in [0.3, 0.4) is 0 Å². The summed E-state index contributed by atoms with van der Waals surface area (Å²) >= 11 is 11.8. The van der Waals surface area contributed by atoms with Crippen molar-refractivity contribution in [1.82, 2.24) is 10.2 Å². The van der Waals surface area contributed by atoms with Gasteiger partial charge in [0.05, 0.1) is 0 Å². The molecule has 3 rings (SSSR count). The van der Waals surface area contributed by atoms with E-state index in [1.165, 1.54) is 0 Å². The van der Waals surface area contributed by atoms with Gasteiger partial charge in [-0.1, -0.05) is 28.3 Å². The van der Waals surface area contributed by atoms with E-state index in [1.54, 1.807) is 18.2 Å². The van der Waals surface area contributed by atoms with Gasteiger partial charge in [0.25, 0.3) is 0 Å². The molecule has 0 saturated heterocycles. The minimum atomic E-state index is -0.0840. The third-order valence-corrected chi connectivity index (χ3v) is 3.15. The summed E-state index contributed by atoms with van der Waals surface area (Å²) in [5.74, 6) is 0.255. The number of hydrogen-bond donors (Lipinski definition) is 1. The number of hydrogen-bond acceptors (Lipinski definition) is 4. The predicted octanol–water partition coefficient (Wildman–Crippen LogP) is 3.39. The molecule has 1 aliphatic rings. The normalized spacial score (nSPS) is 14.4. The number of carbonyl (C=O) groups is 1. The Morgan fingerprint density at radius 1 is 1.21 bits per heavy atom.